The first-order chi connectivity index (χ1) is 8.17. The second-order valence-electron chi connectivity index (χ2n) is 4.02. The highest BCUT2D eigenvalue weighted by atomic mass is 16.5. The van der Waals surface area contributed by atoms with Crippen molar-refractivity contribution < 1.29 is 9.84 Å². The number of aryl methyl sites for hydroxylation is 1. The summed E-state index contributed by atoms with van der Waals surface area (Å²) in [4.78, 5) is 0. The van der Waals surface area contributed by atoms with Crippen molar-refractivity contribution >= 4 is 0 Å². The first kappa shape index (κ1) is 13.4. The van der Waals surface area contributed by atoms with E-state index in [0.29, 0.717) is 5.75 Å². The highest BCUT2D eigenvalue weighted by Crippen LogP contribution is 2.27. The summed E-state index contributed by atoms with van der Waals surface area (Å²) in [5.74, 6) is 0.726. The van der Waals surface area contributed by atoms with Crippen LogP contribution < -0.4 is 4.74 Å². The van der Waals surface area contributed by atoms with Crippen LogP contribution in [0, 0.1) is 0 Å². The fraction of sp³-hybridized carbons (Fsp3) is 0.333. The molecule has 0 spiro atoms. The van der Waals surface area contributed by atoms with E-state index in [1.807, 2.05) is 31.2 Å². The van der Waals surface area contributed by atoms with Gasteiger partial charge in [0.15, 0.2) is 11.5 Å². The molecule has 0 radical (unpaired) electrons. The molecule has 0 heterocycles. The number of ether oxygens (including phenoxy) is 1. The van der Waals surface area contributed by atoms with E-state index in [9.17, 15) is 5.11 Å². The summed E-state index contributed by atoms with van der Waals surface area (Å²) in [6.07, 6.45) is 7.06. The van der Waals surface area contributed by atoms with Gasteiger partial charge in [-0.2, -0.15) is 0 Å². The van der Waals surface area contributed by atoms with Gasteiger partial charge in [0.05, 0.1) is 7.11 Å². The second-order valence-corrected chi connectivity index (χ2v) is 4.02. The van der Waals surface area contributed by atoms with Crippen molar-refractivity contribution in [2.45, 2.75) is 26.2 Å². The molecule has 0 saturated carbocycles. The second kappa shape index (κ2) is 6.79. The molecule has 2 heteroatoms. The number of methoxy groups -OCH3 is 1. The highest BCUT2D eigenvalue weighted by Gasteiger charge is 2.02. The molecule has 0 saturated heterocycles. The Morgan fingerprint density at radius 3 is 2.88 bits per heavy atom. The molecule has 0 unspecified atom stereocenters. The van der Waals surface area contributed by atoms with Crippen molar-refractivity contribution in [3.63, 3.8) is 0 Å². The minimum Gasteiger partial charge on any atom is -0.504 e. The predicted molar refractivity (Wildman–Crippen MR) is 71.6 cm³/mol. The number of hydrogen-bond donors (Lipinski definition) is 1. The summed E-state index contributed by atoms with van der Waals surface area (Å²) in [5, 5.41) is 9.47. The van der Waals surface area contributed by atoms with E-state index in [4.69, 9.17) is 4.74 Å². The van der Waals surface area contributed by atoms with Crippen molar-refractivity contribution in [1.82, 2.24) is 0 Å². The molecule has 0 fully saturated rings. The molecule has 0 amide bonds. The van der Waals surface area contributed by atoms with Crippen molar-refractivity contribution in [3.05, 3.63) is 48.1 Å². The summed E-state index contributed by atoms with van der Waals surface area (Å²) in [6, 6.07) is 5.49. The maximum absolute atomic E-state index is 9.47. The molecule has 0 bridgehead atoms. The van der Waals surface area contributed by atoms with Crippen LogP contribution in [-0.4, -0.2) is 12.2 Å². The lowest BCUT2D eigenvalue weighted by Crippen LogP contribution is -1.89. The van der Waals surface area contributed by atoms with Crippen molar-refractivity contribution in [3.8, 4) is 11.5 Å². The lowest BCUT2D eigenvalue weighted by molar-refractivity contribution is 0.373. The summed E-state index contributed by atoms with van der Waals surface area (Å²) in [7, 11) is 1.56. The van der Waals surface area contributed by atoms with Gasteiger partial charge < -0.3 is 9.84 Å². The van der Waals surface area contributed by atoms with Crippen molar-refractivity contribution in [2.24, 2.45) is 0 Å². The standard InChI is InChI=1S/C15H20O2/c1-4-6-12(2)7-5-8-13-9-10-14(16)15(11-13)17-3/h4,6,9-11,16H,2,5,7-8H2,1,3H3. The van der Waals surface area contributed by atoms with Crippen LogP contribution in [0.3, 0.4) is 0 Å². The Morgan fingerprint density at radius 2 is 2.24 bits per heavy atom. The minimum absolute atomic E-state index is 0.189. The van der Waals surface area contributed by atoms with E-state index >= 15 is 0 Å². The van der Waals surface area contributed by atoms with E-state index in [-0.39, 0.29) is 5.75 Å². The number of phenolic OH excluding ortho intramolecular Hbond substituents is 1. The van der Waals surface area contributed by atoms with E-state index < -0.39 is 0 Å². The number of rotatable bonds is 6. The topological polar surface area (TPSA) is 29.5 Å². The Kier molecular flexibility index (Phi) is 5.34. The lowest BCUT2D eigenvalue weighted by atomic mass is 10.0. The fourth-order valence-corrected chi connectivity index (χ4v) is 1.72. The fourth-order valence-electron chi connectivity index (χ4n) is 1.72. The van der Waals surface area contributed by atoms with Crippen LogP contribution in [-0.2, 0) is 6.42 Å². The first-order valence-corrected chi connectivity index (χ1v) is 5.83. The zero-order valence-electron chi connectivity index (χ0n) is 10.6. The Hall–Kier alpha value is -1.70. The van der Waals surface area contributed by atoms with Gasteiger partial charge in [-0.3, -0.25) is 0 Å². The number of allylic oxidation sites excluding steroid dienone is 3. The molecule has 17 heavy (non-hydrogen) atoms. The van der Waals surface area contributed by atoms with E-state index in [1.165, 1.54) is 5.56 Å². The minimum atomic E-state index is 0.189. The Balaban J connectivity index is 2.49. The predicted octanol–water partition coefficient (Wildman–Crippen LogP) is 3.86. The van der Waals surface area contributed by atoms with Crippen LogP contribution in [0.15, 0.2) is 42.5 Å². The summed E-state index contributed by atoms with van der Waals surface area (Å²) in [5.41, 5.74) is 2.33. The molecular weight excluding hydrogens is 212 g/mol. The molecule has 0 aliphatic carbocycles. The van der Waals surface area contributed by atoms with Crippen LogP contribution in [0.2, 0.25) is 0 Å². The molecule has 0 aliphatic heterocycles. The van der Waals surface area contributed by atoms with Crippen molar-refractivity contribution in [2.75, 3.05) is 7.11 Å². The van der Waals surface area contributed by atoms with Gasteiger partial charge in [0.2, 0.25) is 0 Å². The van der Waals surface area contributed by atoms with Gasteiger partial charge >= 0.3 is 0 Å². The lowest BCUT2D eigenvalue weighted by Gasteiger charge is -2.06. The maximum Gasteiger partial charge on any atom is 0.160 e. The Bertz CT molecular complexity index is 405. The SMILES string of the molecule is C=C(C=CC)CCCc1ccc(O)c(OC)c1. The average Bonchev–Trinajstić information content (AvgIpc) is 2.31. The smallest absolute Gasteiger partial charge is 0.160 e. The normalized spacial score (nSPS) is 10.7. The van der Waals surface area contributed by atoms with E-state index in [0.717, 1.165) is 24.8 Å². The molecule has 1 aromatic carbocycles. The van der Waals surface area contributed by atoms with Gasteiger partial charge in [-0.15, -0.1) is 0 Å². The zero-order chi connectivity index (χ0) is 12.7. The zero-order valence-corrected chi connectivity index (χ0v) is 10.6. The number of hydrogen-bond acceptors (Lipinski definition) is 2. The number of benzene rings is 1. The van der Waals surface area contributed by atoms with Gasteiger partial charge in [-0.25, -0.2) is 0 Å². The molecule has 2 nitrogen and oxygen atoms in total. The Morgan fingerprint density at radius 1 is 1.47 bits per heavy atom. The number of phenols is 1. The third-order valence-electron chi connectivity index (χ3n) is 2.61. The molecule has 0 aliphatic rings. The van der Waals surface area contributed by atoms with Gasteiger partial charge in [-0.05, 0) is 43.9 Å². The van der Waals surface area contributed by atoms with Crippen LogP contribution in [0.1, 0.15) is 25.3 Å². The van der Waals surface area contributed by atoms with Gasteiger partial charge in [0.1, 0.15) is 0 Å². The molecule has 1 aromatic rings. The molecular formula is C15H20O2. The Labute approximate surface area is 103 Å². The van der Waals surface area contributed by atoms with Crippen LogP contribution in [0.4, 0.5) is 0 Å². The quantitative estimate of drug-likeness (QED) is 0.755. The van der Waals surface area contributed by atoms with Crippen LogP contribution >= 0.6 is 0 Å². The van der Waals surface area contributed by atoms with Crippen LogP contribution in [0.5, 0.6) is 11.5 Å². The van der Waals surface area contributed by atoms with Gasteiger partial charge in [-0.1, -0.05) is 30.4 Å². The molecule has 0 atom stereocenters. The third kappa shape index (κ3) is 4.35. The largest absolute Gasteiger partial charge is 0.504 e. The van der Waals surface area contributed by atoms with E-state index in [1.54, 1.807) is 13.2 Å². The summed E-state index contributed by atoms with van der Waals surface area (Å²) in [6.45, 7) is 5.97. The summed E-state index contributed by atoms with van der Waals surface area (Å²) < 4.78 is 5.07. The van der Waals surface area contributed by atoms with Crippen molar-refractivity contribution in [1.29, 1.82) is 0 Å². The molecule has 1 N–H and O–H groups in total. The monoisotopic (exact) mass is 232 g/mol. The van der Waals surface area contributed by atoms with Crippen LogP contribution in [0.25, 0.3) is 0 Å². The average molecular weight is 232 g/mol. The van der Waals surface area contributed by atoms with Gasteiger partial charge in [0.25, 0.3) is 0 Å². The maximum atomic E-state index is 9.47. The summed E-state index contributed by atoms with van der Waals surface area (Å²) >= 11 is 0. The molecule has 92 valence electrons. The van der Waals surface area contributed by atoms with E-state index in [2.05, 4.69) is 6.58 Å². The highest BCUT2D eigenvalue weighted by molar-refractivity contribution is 5.41. The molecule has 0 aromatic heterocycles. The van der Waals surface area contributed by atoms with Gasteiger partial charge in [0, 0.05) is 0 Å². The number of aromatic hydroxyl groups is 1. The third-order valence-corrected chi connectivity index (χ3v) is 2.61. The first-order valence-electron chi connectivity index (χ1n) is 5.83. The molecule has 1 rings (SSSR count).